The highest BCUT2D eigenvalue weighted by Crippen LogP contribution is 2.89. The number of ether oxygens (including phenoxy) is 5. The third-order valence-electron chi connectivity index (χ3n) is 18.6. The number of carbonyl (C=O) groups is 1. The molecule has 4 heterocycles. The van der Waals surface area contributed by atoms with E-state index in [1.807, 2.05) is 0 Å². The van der Waals surface area contributed by atoms with E-state index in [1.54, 1.807) is 13.8 Å². The van der Waals surface area contributed by atoms with Crippen molar-refractivity contribution in [3.8, 4) is 0 Å². The van der Waals surface area contributed by atoms with E-state index in [0.29, 0.717) is 35.8 Å². The molecule has 4 aliphatic heterocycles. The Morgan fingerprint density at radius 3 is 2.28 bits per heavy atom. The molecule has 0 aromatic carbocycles. The first-order chi connectivity index (χ1) is 25.5. The minimum Gasteiger partial charge on any atom is -0.457 e. The molecule has 5 saturated carbocycles. The van der Waals surface area contributed by atoms with E-state index in [4.69, 9.17) is 23.7 Å². The summed E-state index contributed by atoms with van der Waals surface area (Å²) in [7, 11) is 0. The summed E-state index contributed by atoms with van der Waals surface area (Å²) >= 11 is 0. The summed E-state index contributed by atoms with van der Waals surface area (Å²) in [5, 5.41) is 23.8. The molecule has 10 nitrogen and oxygen atoms in total. The predicted octanol–water partition coefficient (Wildman–Crippen LogP) is 5.41. The van der Waals surface area contributed by atoms with Crippen LogP contribution in [0.5, 0.6) is 0 Å². The Morgan fingerprint density at radius 2 is 1.61 bits per heavy atom. The molecular formula is C44H72N2O8. The Kier molecular flexibility index (Phi) is 9.36. The van der Waals surface area contributed by atoms with E-state index in [-0.39, 0.29) is 52.0 Å². The van der Waals surface area contributed by atoms with E-state index in [1.165, 1.54) is 58.5 Å². The van der Waals surface area contributed by atoms with Crippen molar-refractivity contribution >= 4 is 5.97 Å². The molecule has 0 bridgehead atoms. The molecule has 9 rings (SSSR count). The second kappa shape index (κ2) is 13.1. The minimum atomic E-state index is -1.25. The normalized spacial score (nSPS) is 50.1. The van der Waals surface area contributed by atoms with E-state index in [0.717, 1.165) is 52.2 Å². The van der Waals surface area contributed by atoms with Gasteiger partial charge in [0.15, 0.2) is 12.4 Å². The lowest BCUT2D eigenvalue weighted by Gasteiger charge is -2.64. The van der Waals surface area contributed by atoms with Crippen molar-refractivity contribution in [2.45, 2.75) is 174 Å². The van der Waals surface area contributed by atoms with Gasteiger partial charge in [-0.25, -0.2) is 0 Å². The van der Waals surface area contributed by atoms with Crippen molar-refractivity contribution in [3.63, 3.8) is 0 Å². The van der Waals surface area contributed by atoms with Gasteiger partial charge in [0.25, 0.3) is 0 Å². The lowest BCUT2D eigenvalue weighted by atomic mass is 9.41. The number of rotatable bonds is 7. The van der Waals surface area contributed by atoms with E-state index < -0.39 is 29.9 Å². The van der Waals surface area contributed by atoms with Crippen LogP contribution in [0.1, 0.15) is 120 Å². The van der Waals surface area contributed by atoms with Crippen LogP contribution in [0.3, 0.4) is 0 Å². The van der Waals surface area contributed by atoms with E-state index in [2.05, 4.69) is 44.4 Å². The number of aliphatic hydroxyl groups is 2. The molecule has 4 saturated heterocycles. The van der Waals surface area contributed by atoms with Crippen molar-refractivity contribution < 1.29 is 38.7 Å². The molecule has 0 amide bonds. The molecule has 306 valence electrons. The van der Waals surface area contributed by atoms with Crippen LogP contribution in [0.2, 0.25) is 0 Å². The third kappa shape index (κ3) is 5.48. The third-order valence-corrected chi connectivity index (χ3v) is 18.6. The fraction of sp³-hybridized carbons (Fsp3) is 0.977. The van der Waals surface area contributed by atoms with E-state index in [9.17, 15) is 15.0 Å². The average molecular weight is 757 g/mol. The Morgan fingerprint density at radius 1 is 0.907 bits per heavy atom. The number of nitrogens with zero attached hydrogens (tertiary/aromatic N) is 2. The number of esters is 1. The number of hydrogen-bond acceptors (Lipinski definition) is 10. The van der Waals surface area contributed by atoms with Gasteiger partial charge in [0.2, 0.25) is 0 Å². The van der Waals surface area contributed by atoms with Crippen molar-refractivity contribution in [2.75, 3.05) is 46.0 Å². The van der Waals surface area contributed by atoms with Crippen LogP contribution in [0.4, 0.5) is 0 Å². The second-order valence-corrected chi connectivity index (χ2v) is 21.6. The maximum Gasteiger partial charge on any atom is 0.303 e. The first-order valence-electron chi connectivity index (χ1n) is 22.0. The lowest BCUT2D eigenvalue weighted by Crippen LogP contribution is -2.60. The molecule has 54 heavy (non-hydrogen) atoms. The quantitative estimate of drug-likeness (QED) is 0.328. The molecular weight excluding hydrogens is 684 g/mol. The molecule has 10 heteroatoms. The Hall–Kier alpha value is -0.850. The molecule has 9 fully saturated rings. The highest BCUT2D eigenvalue weighted by atomic mass is 16.7. The summed E-state index contributed by atoms with van der Waals surface area (Å²) in [6.45, 7) is 23.8. The topological polar surface area (TPSA) is 110 Å². The van der Waals surface area contributed by atoms with Crippen molar-refractivity contribution in [3.05, 3.63) is 0 Å². The van der Waals surface area contributed by atoms with Crippen molar-refractivity contribution in [1.82, 2.24) is 9.80 Å². The maximum atomic E-state index is 12.7. The highest BCUT2D eigenvalue weighted by Gasteiger charge is 2.84. The summed E-state index contributed by atoms with van der Waals surface area (Å²) in [6, 6.07) is 1.25. The molecule has 5 unspecified atom stereocenters. The molecule has 0 radical (unpaired) electrons. The Labute approximate surface area is 324 Å². The average Bonchev–Trinajstić information content (AvgIpc) is 3.72. The fourth-order valence-electron chi connectivity index (χ4n) is 15.9. The monoisotopic (exact) mass is 757 g/mol. The number of morpholine rings is 1. The predicted molar refractivity (Wildman–Crippen MR) is 203 cm³/mol. The van der Waals surface area contributed by atoms with Gasteiger partial charge < -0.3 is 33.9 Å². The molecule has 5 aliphatic carbocycles. The van der Waals surface area contributed by atoms with Gasteiger partial charge in [-0.1, -0.05) is 34.6 Å². The SMILES string of the molecule is CC(=O)O[C@@H](C1C[C@@H](C)[C@H]2C(O1)[C@H](O)[C@@]1(C)C3CC[C@H]4C(C)(C)[C@@H](O[C@H]5CN(C6CCN(C7COC7)CC6)CCO5)CCC45C[C@@]35CCC21C)C(C)(C)O. The van der Waals surface area contributed by atoms with E-state index >= 15 is 0 Å². The zero-order valence-electron chi connectivity index (χ0n) is 34.7. The summed E-state index contributed by atoms with van der Waals surface area (Å²) < 4.78 is 31.5. The fourth-order valence-corrected chi connectivity index (χ4v) is 15.9. The number of piperidine rings is 1. The van der Waals surface area contributed by atoms with Gasteiger partial charge in [-0.05, 0) is 123 Å². The minimum absolute atomic E-state index is 0.0478. The maximum absolute atomic E-state index is 12.7. The van der Waals surface area contributed by atoms with Gasteiger partial charge in [0.05, 0.1) is 55.9 Å². The lowest BCUT2D eigenvalue weighted by molar-refractivity contribution is -0.252. The zero-order valence-corrected chi connectivity index (χ0v) is 34.7. The van der Waals surface area contributed by atoms with Crippen LogP contribution >= 0.6 is 0 Å². The Bertz CT molecular complexity index is 1440. The molecule has 2 spiro atoms. The Balaban J connectivity index is 0.894. The smallest absolute Gasteiger partial charge is 0.303 e. The van der Waals surface area contributed by atoms with Crippen LogP contribution < -0.4 is 0 Å². The molecule has 9 aliphatic rings. The standard InChI is InChI=1S/C44H72N2O8/c1-26-21-30(38(40(5,6)49)52-27(2)47)53-36-35(26)41(7)15-16-44-25-43(44)14-11-33(39(3,4)31(43)9-10-32(44)42(41,8)37(36)48)54-34-22-46(19-20-51-34)28-12-17-45(18-13-28)29-23-50-24-29/h26,28-38,48-49H,9-25H2,1-8H3/t26-,30?,31+,32?,33+,34+,35+,36?,37+,38+,41?,42-,43?,44+/m1/s1. The van der Waals surface area contributed by atoms with Gasteiger partial charge in [-0.3, -0.25) is 14.6 Å². The van der Waals surface area contributed by atoms with Crippen LogP contribution in [-0.2, 0) is 28.5 Å². The number of carbonyl (C=O) groups excluding carboxylic acids is 1. The largest absolute Gasteiger partial charge is 0.457 e. The highest BCUT2D eigenvalue weighted by molar-refractivity contribution is 5.66. The van der Waals surface area contributed by atoms with Gasteiger partial charge in [-0.15, -0.1) is 0 Å². The second-order valence-electron chi connectivity index (χ2n) is 21.6. The summed E-state index contributed by atoms with van der Waals surface area (Å²) in [5.74, 6) is 1.12. The summed E-state index contributed by atoms with van der Waals surface area (Å²) in [5.41, 5.74) is -0.963. The number of aliphatic hydroxyl groups excluding tert-OH is 1. The first-order valence-corrected chi connectivity index (χ1v) is 22.0. The number of hydrogen-bond donors (Lipinski definition) is 2. The van der Waals surface area contributed by atoms with Crippen LogP contribution in [0.25, 0.3) is 0 Å². The molecule has 0 aromatic heterocycles. The van der Waals surface area contributed by atoms with Crippen LogP contribution in [-0.4, -0.2) is 126 Å². The van der Waals surface area contributed by atoms with Gasteiger partial charge in [0.1, 0.15) is 0 Å². The number of fused-ring (bicyclic) bond motifs is 4. The van der Waals surface area contributed by atoms with Crippen LogP contribution in [0, 0.1) is 50.7 Å². The van der Waals surface area contributed by atoms with Crippen molar-refractivity contribution in [2.24, 2.45) is 50.7 Å². The zero-order chi connectivity index (χ0) is 38.2. The van der Waals surface area contributed by atoms with Crippen molar-refractivity contribution in [1.29, 1.82) is 0 Å². The first kappa shape index (κ1) is 38.7. The number of likely N-dealkylation sites (tertiary alicyclic amines) is 1. The summed E-state index contributed by atoms with van der Waals surface area (Å²) in [4.78, 5) is 17.5. The van der Waals surface area contributed by atoms with Gasteiger partial charge >= 0.3 is 5.97 Å². The van der Waals surface area contributed by atoms with Gasteiger partial charge in [-0.2, -0.15) is 0 Å². The van der Waals surface area contributed by atoms with Crippen LogP contribution in [0.15, 0.2) is 0 Å². The summed E-state index contributed by atoms with van der Waals surface area (Å²) in [6.07, 6.45) is 9.25. The molecule has 14 atom stereocenters. The molecule has 2 N–H and O–H groups in total. The van der Waals surface area contributed by atoms with Gasteiger partial charge in [0, 0.05) is 44.6 Å². The molecule has 0 aromatic rings.